The predicted octanol–water partition coefficient (Wildman–Crippen LogP) is 2.96. The number of methoxy groups -OCH3 is 1. The van der Waals surface area contributed by atoms with Gasteiger partial charge in [-0.25, -0.2) is 0 Å². The Morgan fingerprint density at radius 1 is 1.31 bits per heavy atom. The number of carbonyl (C=O) groups excluding carboxylic acids is 1. The van der Waals surface area contributed by atoms with Crippen molar-refractivity contribution < 1.29 is 19.7 Å². The fraction of sp³-hybridized carbons (Fsp3) is 0.571. The number of ether oxygens (including phenoxy) is 1. The van der Waals surface area contributed by atoms with E-state index in [4.69, 9.17) is 4.74 Å². The SMILES string of the molecule is CC.COc1ccc(C)c(C23CCN(C)C(C)C2(O)C=CC(=O)C3)c1O. The van der Waals surface area contributed by atoms with Gasteiger partial charge in [0.15, 0.2) is 17.3 Å². The molecule has 0 saturated carbocycles. The van der Waals surface area contributed by atoms with Gasteiger partial charge in [-0.05, 0) is 57.6 Å². The van der Waals surface area contributed by atoms with Gasteiger partial charge in [-0.3, -0.25) is 4.79 Å². The lowest BCUT2D eigenvalue weighted by Gasteiger charge is -2.57. The van der Waals surface area contributed by atoms with E-state index in [1.807, 2.05) is 40.8 Å². The molecule has 0 radical (unpaired) electrons. The first-order chi connectivity index (χ1) is 12.3. The molecule has 0 bridgehead atoms. The Kier molecular flexibility index (Phi) is 5.83. The number of nitrogens with zero attached hydrogens (tertiary/aromatic N) is 1. The average Bonchev–Trinajstić information content (AvgIpc) is 2.63. The van der Waals surface area contributed by atoms with Crippen molar-refractivity contribution in [2.75, 3.05) is 20.7 Å². The van der Waals surface area contributed by atoms with Crippen LogP contribution in [0.1, 0.15) is 44.7 Å². The third-order valence-corrected chi connectivity index (χ3v) is 6.00. The van der Waals surface area contributed by atoms with Crippen LogP contribution >= 0.6 is 0 Å². The molecule has 1 aromatic rings. The van der Waals surface area contributed by atoms with Crippen molar-refractivity contribution in [2.45, 2.75) is 57.6 Å². The number of aryl methyl sites for hydroxylation is 1. The fourth-order valence-corrected chi connectivity index (χ4v) is 4.46. The molecule has 5 heteroatoms. The van der Waals surface area contributed by atoms with E-state index in [0.29, 0.717) is 17.7 Å². The van der Waals surface area contributed by atoms with E-state index < -0.39 is 11.0 Å². The molecule has 1 aromatic carbocycles. The van der Waals surface area contributed by atoms with Gasteiger partial charge in [0.25, 0.3) is 0 Å². The maximum Gasteiger partial charge on any atom is 0.161 e. The fourth-order valence-electron chi connectivity index (χ4n) is 4.46. The largest absolute Gasteiger partial charge is 0.504 e. The molecule has 0 amide bonds. The first kappa shape index (κ1) is 20.5. The van der Waals surface area contributed by atoms with E-state index in [-0.39, 0.29) is 24.0 Å². The van der Waals surface area contributed by atoms with Crippen molar-refractivity contribution in [3.05, 3.63) is 35.4 Å². The molecular formula is C21H31NO4. The molecule has 3 unspecified atom stereocenters. The van der Waals surface area contributed by atoms with Crippen LogP contribution in [0, 0.1) is 6.92 Å². The van der Waals surface area contributed by atoms with Gasteiger partial charge in [0.2, 0.25) is 0 Å². The molecule has 2 aliphatic rings. The monoisotopic (exact) mass is 361 g/mol. The number of benzene rings is 1. The quantitative estimate of drug-likeness (QED) is 0.847. The van der Waals surface area contributed by atoms with Crippen LogP contribution in [0.4, 0.5) is 0 Å². The highest BCUT2D eigenvalue weighted by molar-refractivity contribution is 5.93. The zero-order chi connectivity index (χ0) is 19.7. The van der Waals surface area contributed by atoms with E-state index >= 15 is 0 Å². The topological polar surface area (TPSA) is 70.0 Å². The number of aliphatic hydroxyl groups is 1. The van der Waals surface area contributed by atoms with Crippen LogP contribution in [-0.4, -0.2) is 53.2 Å². The van der Waals surface area contributed by atoms with E-state index in [1.165, 1.54) is 13.2 Å². The van der Waals surface area contributed by atoms with Crippen LogP contribution in [0.5, 0.6) is 11.5 Å². The lowest BCUT2D eigenvalue weighted by molar-refractivity contribution is -0.130. The molecule has 2 N–H and O–H groups in total. The number of likely N-dealkylation sites (N-methyl/N-ethyl adjacent to an activating group) is 1. The van der Waals surface area contributed by atoms with E-state index in [9.17, 15) is 15.0 Å². The third kappa shape index (κ3) is 2.83. The summed E-state index contributed by atoms with van der Waals surface area (Å²) >= 11 is 0. The molecule has 1 aliphatic carbocycles. The number of phenolic OH excluding ortho intramolecular Hbond substituents is 1. The van der Waals surface area contributed by atoms with Crippen LogP contribution in [-0.2, 0) is 10.2 Å². The molecule has 0 spiro atoms. The molecule has 1 aliphatic heterocycles. The summed E-state index contributed by atoms with van der Waals surface area (Å²) in [5.74, 6) is 0.356. The van der Waals surface area contributed by atoms with Crippen molar-refractivity contribution >= 4 is 5.78 Å². The molecule has 26 heavy (non-hydrogen) atoms. The number of hydrogen-bond acceptors (Lipinski definition) is 5. The minimum absolute atomic E-state index is 0.0239. The normalized spacial score (nSPS) is 31.0. The minimum Gasteiger partial charge on any atom is -0.504 e. The first-order valence-corrected chi connectivity index (χ1v) is 9.28. The lowest BCUT2D eigenvalue weighted by atomic mass is 9.55. The number of piperidine rings is 1. The average molecular weight is 361 g/mol. The van der Waals surface area contributed by atoms with Crippen molar-refractivity contribution in [3.63, 3.8) is 0 Å². The number of hydrogen-bond donors (Lipinski definition) is 2. The second-order valence-corrected chi connectivity index (χ2v) is 7.10. The third-order valence-electron chi connectivity index (χ3n) is 6.00. The summed E-state index contributed by atoms with van der Waals surface area (Å²) in [6.07, 6.45) is 3.86. The number of ketones is 1. The predicted molar refractivity (Wildman–Crippen MR) is 103 cm³/mol. The second kappa shape index (κ2) is 7.41. The number of likely N-dealkylation sites (tertiary alicyclic amines) is 1. The van der Waals surface area contributed by atoms with Crippen molar-refractivity contribution in [1.29, 1.82) is 0 Å². The van der Waals surface area contributed by atoms with Gasteiger partial charge in [-0.15, -0.1) is 0 Å². The van der Waals surface area contributed by atoms with Crippen LogP contribution in [0.15, 0.2) is 24.3 Å². The summed E-state index contributed by atoms with van der Waals surface area (Å²) in [4.78, 5) is 14.4. The van der Waals surface area contributed by atoms with E-state index in [1.54, 1.807) is 12.1 Å². The van der Waals surface area contributed by atoms with Crippen LogP contribution < -0.4 is 4.74 Å². The van der Waals surface area contributed by atoms with Gasteiger partial charge in [0.05, 0.1) is 7.11 Å². The Morgan fingerprint density at radius 3 is 2.58 bits per heavy atom. The second-order valence-electron chi connectivity index (χ2n) is 7.10. The Hall–Kier alpha value is -1.85. The summed E-state index contributed by atoms with van der Waals surface area (Å²) in [6.45, 7) is 8.59. The maximum atomic E-state index is 12.3. The number of aromatic hydroxyl groups is 1. The molecule has 3 rings (SSSR count). The summed E-state index contributed by atoms with van der Waals surface area (Å²) in [5.41, 5.74) is -0.607. The van der Waals surface area contributed by atoms with Gasteiger partial charge in [0.1, 0.15) is 5.60 Å². The Bertz CT molecular complexity index is 714. The molecular weight excluding hydrogens is 330 g/mol. The first-order valence-electron chi connectivity index (χ1n) is 9.28. The highest BCUT2D eigenvalue weighted by Gasteiger charge is 2.60. The maximum absolute atomic E-state index is 12.3. The zero-order valence-electron chi connectivity index (χ0n) is 16.7. The number of carbonyl (C=O) groups is 1. The minimum atomic E-state index is -1.23. The Balaban J connectivity index is 0.00000117. The molecule has 3 atom stereocenters. The molecule has 1 saturated heterocycles. The van der Waals surface area contributed by atoms with Crippen LogP contribution in [0.2, 0.25) is 0 Å². The van der Waals surface area contributed by atoms with Crippen molar-refractivity contribution in [3.8, 4) is 11.5 Å². The molecule has 1 fully saturated rings. The standard InChI is InChI=1S/C19H25NO4.C2H6/c1-12-5-6-15(24-4)17(22)16(12)18-9-10-20(3)13(2)19(18,23)8-7-14(21)11-18;1-2/h5-8,13,22-23H,9-11H2,1-4H3;1-2H3. The summed E-state index contributed by atoms with van der Waals surface area (Å²) in [7, 11) is 3.47. The highest BCUT2D eigenvalue weighted by atomic mass is 16.5. The summed E-state index contributed by atoms with van der Waals surface area (Å²) in [5, 5.41) is 22.5. The number of rotatable bonds is 2. The number of phenols is 1. The van der Waals surface area contributed by atoms with Crippen molar-refractivity contribution in [1.82, 2.24) is 4.90 Å². The highest BCUT2D eigenvalue weighted by Crippen LogP contribution is 2.55. The Morgan fingerprint density at radius 2 is 1.96 bits per heavy atom. The molecule has 0 aromatic heterocycles. The molecule has 1 heterocycles. The van der Waals surface area contributed by atoms with Crippen LogP contribution in [0.3, 0.4) is 0 Å². The van der Waals surface area contributed by atoms with Gasteiger partial charge in [-0.2, -0.15) is 0 Å². The van der Waals surface area contributed by atoms with E-state index in [0.717, 1.165) is 12.1 Å². The zero-order valence-corrected chi connectivity index (χ0v) is 16.7. The molecule has 144 valence electrons. The van der Waals surface area contributed by atoms with Gasteiger partial charge < -0.3 is 19.8 Å². The van der Waals surface area contributed by atoms with Crippen LogP contribution in [0.25, 0.3) is 0 Å². The van der Waals surface area contributed by atoms with Gasteiger partial charge >= 0.3 is 0 Å². The van der Waals surface area contributed by atoms with E-state index in [2.05, 4.69) is 4.90 Å². The van der Waals surface area contributed by atoms with Crippen molar-refractivity contribution in [2.24, 2.45) is 0 Å². The Labute approximate surface area is 156 Å². The smallest absolute Gasteiger partial charge is 0.161 e. The van der Waals surface area contributed by atoms with Gasteiger partial charge in [-0.1, -0.05) is 19.9 Å². The summed E-state index contributed by atoms with van der Waals surface area (Å²) in [6, 6.07) is 3.40. The number of allylic oxidation sites excluding steroid dienone is 1. The van der Waals surface area contributed by atoms with Gasteiger partial charge in [0, 0.05) is 23.4 Å². The number of fused-ring (bicyclic) bond motifs is 1. The summed E-state index contributed by atoms with van der Waals surface area (Å²) < 4.78 is 5.27. The molecule has 5 nitrogen and oxygen atoms in total. The lowest BCUT2D eigenvalue weighted by Crippen LogP contribution is -2.67.